The van der Waals surface area contributed by atoms with E-state index < -0.39 is 0 Å². The average molecular weight is 688 g/mol. The first kappa shape index (κ1) is 30.3. The first-order valence-electron chi connectivity index (χ1n) is 18.1. The molecule has 54 heavy (non-hydrogen) atoms. The summed E-state index contributed by atoms with van der Waals surface area (Å²) >= 11 is 0. The lowest BCUT2D eigenvalue weighted by Crippen LogP contribution is -1.94. The van der Waals surface area contributed by atoms with E-state index in [-0.39, 0.29) is 0 Å². The molecule has 0 aliphatic heterocycles. The van der Waals surface area contributed by atoms with Crippen molar-refractivity contribution in [2.24, 2.45) is 0 Å². The van der Waals surface area contributed by atoms with Crippen LogP contribution in [0.2, 0.25) is 0 Å². The van der Waals surface area contributed by atoms with E-state index >= 15 is 0 Å². The van der Waals surface area contributed by atoms with E-state index in [1.807, 2.05) is 61.1 Å². The highest BCUT2D eigenvalue weighted by Crippen LogP contribution is 2.42. The van der Waals surface area contributed by atoms with Gasteiger partial charge in [0.1, 0.15) is 0 Å². The largest absolute Gasteiger partial charge is 0.255 e. The SMILES string of the molecule is c1ccc(-c2cc(-c3ccc4c5ccc(-c6c7ccccc7nc7c6ccc6cccnc67)cc5c5ccccc5c4c3)cc(-c3ccccn3)n2)nc1. The predicted molar refractivity (Wildman–Crippen MR) is 222 cm³/mol. The van der Waals surface area contributed by atoms with Gasteiger partial charge in [-0.05, 0) is 110 Å². The van der Waals surface area contributed by atoms with Crippen molar-refractivity contribution < 1.29 is 0 Å². The van der Waals surface area contributed by atoms with Crippen molar-refractivity contribution in [3.63, 3.8) is 0 Å². The van der Waals surface area contributed by atoms with Gasteiger partial charge in [-0.1, -0.05) is 97.1 Å². The Morgan fingerprint density at radius 1 is 0.296 bits per heavy atom. The summed E-state index contributed by atoms with van der Waals surface area (Å²) in [5.74, 6) is 0. The van der Waals surface area contributed by atoms with Crippen LogP contribution in [0.15, 0.2) is 176 Å². The number of nitrogens with zero attached hydrogens (tertiary/aromatic N) is 5. The van der Waals surface area contributed by atoms with Gasteiger partial charge in [-0.3, -0.25) is 15.0 Å². The second kappa shape index (κ2) is 12.1. The molecule has 0 fully saturated rings. The fourth-order valence-corrected chi connectivity index (χ4v) is 8.08. The van der Waals surface area contributed by atoms with Gasteiger partial charge < -0.3 is 0 Å². The van der Waals surface area contributed by atoms with E-state index in [4.69, 9.17) is 15.0 Å². The molecule has 5 heteroatoms. The van der Waals surface area contributed by atoms with Crippen LogP contribution in [0.1, 0.15) is 0 Å². The third-order valence-electron chi connectivity index (χ3n) is 10.6. The number of benzene rings is 6. The van der Waals surface area contributed by atoms with E-state index in [1.165, 1.54) is 37.9 Å². The van der Waals surface area contributed by atoms with Gasteiger partial charge in [0.25, 0.3) is 0 Å². The van der Waals surface area contributed by atoms with Crippen molar-refractivity contribution in [2.45, 2.75) is 0 Å². The standard InChI is InChI=1S/C49H29N5/c1-2-12-35-34(11-1)40-26-31(33-28-45(43-15-5-7-23-50-43)53-46(29-33)44-16-6-8-24-51-44)18-20-36(40)37-21-19-32(27-41(35)37)47-38-13-3-4-14-42(38)54-49-39(47)22-17-30-10-9-25-52-48(30)49/h1-29H. The van der Waals surface area contributed by atoms with Crippen LogP contribution in [-0.4, -0.2) is 24.9 Å². The normalized spacial score (nSPS) is 11.7. The molecule has 0 saturated heterocycles. The molecule has 0 bridgehead atoms. The second-order valence-corrected chi connectivity index (χ2v) is 13.7. The zero-order valence-electron chi connectivity index (χ0n) is 29.0. The van der Waals surface area contributed by atoms with Gasteiger partial charge in [0.15, 0.2) is 0 Å². The highest BCUT2D eigenvalue weighted by molar-refractivity contribution is 6.27. The van der Waals surface area contributed by atoms with Crippen LogP contribution in [0.4, 0.5) is 0 Å². The Morgan fingerprint density at radius 2 is 0.870 bits per heavy atom. The number of hydrogen-bond acceptors (Lipinski definition) is 5. The first-order chi connectivity index (χ1) is 26.8. The molecule has 0 aliphatic carbocycles. The van der Waals surface area contributed by atoms with Crippen LogP contribution < -0.4 is 0 Å². The fourth-order valence-electron chi connectivity index (χ4n) is 8.08. The number of fused-ring (bicyclic) bond motifs is 10. The molecule has 0 spiro atoms. The number of pyridine rings is 5. The van der Waals surface area contributed by atoms with Crippen molar-refractivity contribution in [3.05, 3.63) is 176 Å². The molecule has 0 aliphatic rings. The smallest absolute Gasteiger partial charge is 0.0978 e. The molecule has 5 heterocycles. The van der Waals surface area contributed by atoms with E-state index in [1.54, 1.807) is 0 Å². The molecular formula is C49H29N5. The van der Waals surface area contributed by atoms with Gasteiger partial charge in [0, 0.05) is 40.3 Å². The van der Waals surface area contributed by atoms with Gasteiger partial charge in [0.05, 0.1) is 39.3 Å². The molecule has 11 rings (SSSR count). The van der Waals surface area contributed by atoms with Crippen molar-refractivity contribution >= 4 is 65.0 Å². The maximum Gasteiger partial charge on any atom is 0.0978 e. The average Bonchev–Trinajstić information content (AvgIpc) is 3.25. The van der Waals surface area contributed by atoms with Crippen molar-refractivity contribution in [1.29, 1.82) is 0 Å². The van der Waals surface area contributed by atoms with Crippen LogP contribution in [-0.2, 0) is 0 Å². The predicted octanol–water partition coefficient (Wildman–Crippen LogP) is 12.2. The molecule has 0 radical (unpaired) electrons. The summed E-state index contributed by atoms with van der Waals surface area (Å²) < 4.78 is 0. The zero-order chi connectivity index (χ0) is 35.6. The Hall–Kier alpha value is -7.37. The lowest BCUT2D eigenvalue weighted by molar-refractivity contribution is 1.22. The molecule has 6 aromatic carbocycles. The van der Waals surface area contributed by atoms with Crippen LogP contribution in [0.3, 0.4) is 0 Å². The summed E-state index contributed by atoms with van der Waals surface area (Å²) in [6.45, 7) is 0. The summed E-state index contributed by atoms with van der Waals surface area (Å²) in [6, 6.07) is 55.5. The highest BCUT2D eigenvalue weighted by Gasteiger charge is 2.17. The van der Waals surface area contributed by atoms with Gasteiger partial charge in [-0.25, -0.2) is 9.97 Å². The monoisotopic (exact) mass is 687 g/mol. The third-order valence-corrected chi connectivity index (χ3v) is 10.6. The van der Waals surface area contributed by atoms with Gasteiger partial charge in [-0.15, -0.1) is 0 Å². The molecule has 0 N–H and O–H groups in total. The second-order valence-electron chi connectivity index (χ2n) is 13.7. The van der Waals surface area contributed by atoms with E-state index in [2.05, 4.69) is 125 Å². The van der Waals surface area contributed by atoms with Crippen LogP contribution in [0.25, 0.3) is 110 Å². The number of aromatic nitrogens is 5. The summed E-state index contributed by atoms with van der Waals surface area (Å²) in [7, 11) is 0. The summed E-state index contributed by atoms with van der Waals surface area (Å²) in [5, 5.41) is 10.6. The Balaban J connectivity index is 1.14. The minimum Gasteiger partial charge on any atom is -0.255 e. The van der Waals surface area contributed by atoms with Crippen molar-refractivity contribution in [3.8, 4) is 45.0 Å². The molecular weight excluding hydrogens is 659 g/mol. The Labute approximate surface area is 310 Å². The molecule has 0 atom stereocenters. The summed E-state index contributed by atoms with van der Waals surface area (Å²) in [5.41, 5.74) is 10.6. The lowest BCUT2D eigenvalue weighted by Gasteiger charge is -2.16. The Kier molecular flexibility index (Phi) is 6.79. The quantitative estimate of drug-likeness (QED) is 0.136. The zero-order valence-corrected chi connectivity index (χ0v) is 29.0. The summed E-state index contributed by atoms with van der Waals surface area (Å²) in [6.07, 6.45) is 5.47. The minimum atomic E-state index is 0.810. The van der Waals surface area contributed by atoms with Gasteiger partial charge in [-0.2, -0.15) is 0 Å². The maximum atomic E-state index is 5.15. The van der Waals surface area contributed by atoms with Crippen LogP contribution in [0, 0.1) is 0 Å². The molecule has 0 unspecified atom stereocenters. The molecule has 0 saturated carbocycles. The van der Waals surface area contributed by atoms with E-state index in [0.29, 0.717) is 0 Å². The molecule has 5 aromatic heterocycles. The van der Waals surface area contributed by atoms with Crippen LogP contribution >= 0.6 is 0 Å². The maximum absolute atomic E-state index is 5.15. The molecule has 5 nitrogen and oxygen atoms in total. The molecule has 250 valence electrons. The Bertz CT molecular complexity index is 3190. The minimum absolute atomic E-state index is 0.810. The topological polar surface area (TPSA) is 64.5 Å². The van der Waals surface area contributed by atoms with Crippen molar-refractivity contribution in [1.82, 2.24) is 24.9 Å². The van der Waals surface area contributed by atoms with Gasteiger partial charge >= 0.3 is 0 Å². The fraction of sp³-hybridized carbons (Fsp3) is 0. The third kappa shape index (κ3) is 4.83. The van der Waals surface area contributed by atoms with Crippen LogP contribution in [0.5, 0.6) is 0 Å². The summed E-state index contributed by atoms with van der Waals surface area (Å²) in [4.78, 5) is 24.2. The van der Waals surface area contributed by atoms with E-state index in [9.17, 15) is 0 Å². The molecule has 11 aromatic rings. The van der Waals surface area contributed by atoms with E-state index in [0.717, 1.165) is 72.2 Å². The number of hydrogen-bond donors (Lipinski definition) is 0. The number of para-hydroxylation sites is 1. The van der Waals surface area contributed by atoms with Gasteiger partial charge in [0.2, 0.25) is 0 Å². The lowest BCUT2D eigenvalue weighted by atomic mass is 9.89. The Morgan fingerprint density at radius 3 is 1.56 bits per heavy atom. The van der Waals surface area contributed by atoms with Crippen molar-refractivity contribution in [2.75, 3.05) is 0 Å². The first-order valence-corrected chi connectivity index (χ1v) is 18.1. The molecule has 0 amide bonds. The number of rotatable bonds is 4. The highest BCUT2D eigenvalue weighted by atomic mass is 14.8.